The standard InChI is InChI=1S/C22H19ClN2O5S2/c1-3-9-24-21(26)19(32-22(24)31)12-15-10-17(23)20(18(11-15)29-4-2)30-13-14-5-7-16(8-6-14)25(27)28/h3,5-8,10-12H,1,4,9,13H2,2H3. The van der Waals surface area contributed by atoms with Gasteiger partial charge in [0.25, 0.3) is 11.6 Å². The number of halogens is 1. The van der Waals surface area contributed by atoms with Crippen molar-refractivity contribution in [2.45, 2.75) is 13.5 Å². The highest BCUT2D eigenvalue weighted by Gasteiger charge is 2.31. The van der Waals surface area contributed by atoms with Crippen molar-refractivity contribution in [3.05, 3.63) is 80.2 Å². The molecule has 2 aromatic carbocycles. The molecule has 0 atom stereocenters. The van der Waals surface area contributed by atoms with Crippen molar-refractivity contribution in [3.8, 4) is 11.5 Å². The predicted octanol–water partition coefficient (Wildman–Crippen LogP) is 5.61. The third-order valence-corrected chi connectivity index (χ3v) is 6.00. The van der Waals surface area contributed by atoms with Gasteiger partial charge < -0.3 is 9.47 Å². The number of rotatable bonds is 9. The van der Waals surface area contributed by atoms with Crippen LogP contribution in [-0.4, -0.2) is 33.2 Å². The molecule has 10 heteroatoms. The third kappa shape index (κ3) is 5.48. The third-order valence-electron chi connectivity index (χ3n) is 4.35. The molecule has 1 saturated heterocycles. The summed E-state index contributed by atoms with van der Waals surface area (Å²) in [7, 11) is 0. The van der Waals surface area contributed by atoms with E-state index in [1.165, 1.54) is 28.8 Å². The zero-order valence-electron chi connectivity index (χ0n) is 17.1. The number of hydrogen-bond donors (Lipinski definition) is 0. The first-order chi connectivity index (χ1) is 15.3. The number of benzene rings is 2. The van der Waals surface area contributed by atoms with Crippen LogP contribution in [-0.2, 0) is 11.4 Å². The van der Waals surface area contributed by atoms with Crippen LogP contribution < -0.4 is 9.47 Å². The fraction of sp³-hybridized carbons (Fsp3) is 0.182. The summed E-state index contributed by atoms with van der Waals surface area (Å²) in [6.45, 7) is 6.36. The number of carbonyl (C=O) groups is 1. The van der Waals surface area contributed by atoms with Crippen LogP contribution in [0.25, 0.3) is 6.08 Å². The molecule has 1 aliphatic rings. The zero-order chi connectivity index (χ0) is 23.3. The van der Waals surface area contributed by atoms with Gasteiger partial charge in [-0.1, -0.05) is 41.7 Å². The summed E-state index contributed by atoms with van der Waals surface area (Å²) in [5, 5.41) is 11.1. The summed E-state index contributed by atoms with van der Waals surface area (Å²) >= 11 is 12.9. The SMILES string of the molecule is C=CCN1C(=O)C(=Cc2cc(Cl)c(OCc3ccc([N+](=O)[O-])cc3)c(OCC)c2)SC1=S. The quantitative estimate of drug-likeness (QED) is 0.148. The van der Waals surface area contributed by atoms with Crippen molar-refractivity contribution < 1.29 is 19.2 Å². The molecular formula is C22H19ClN2O5S2. The van der Waals surface area contributed by atoms with E-state index in [1.54, 1.807) is 36.4 Å². The van der Waals surface area contributed by atoms with E-state index in [-0.39, 0.29) is 18.2 Å². The number of nitro benzene ring substituents is 1. The van der Waals surface area contributed by atoms with Gasteiger partial charge in [0.2, 0.25) is 0 Å². The predicted molar refractivity (Wildman–Crippen MR) is 130 cm³/mol. The molecule has 0 radical (unpaired) electrons. The second-order valence-electron chi connectivity index (χ2n) is 6.56. The fourth-order valence-corrected chi connectivity index (χ4v) is 4.43. The van der Waals surface area contributed by atoms with E-state index in [4.69, 9.17) is 33.3 Å². The van der Waals surface area contributed by atoms with Crippen LogP contribution in [0, 0.1) is 10.1 Å². The summed E-state index contributed by atoms with van der Waals surface area (Å²) in [5.74, 6) is 0.588. The Morgan fingerprint density at radius 3 is 2.62 bits per heavy atom. The lowest BCUT2D eigenvalue weighted by molar-refractivity contribution is -0.384. The molecule has 0 unspecified atom stereocenters. The highest BCUT2D eigenvalue weighted by Crippen LogP contribution is 2.39. The number of nitro groups is 1. The number of non-ortho nitro benzene ring substituents is 1. The molecule has 1 heterocycles. The highest BCUT2D eigenvalue weighted by atomic mass is 35.5. The lowest BCUT2D eigenvalue weighted by atomic mass is 10.1. The highest BCUT2D eigenvalue weighted by molar-refractivity contribution is 8.26. The zero-order valence-corrected chi connectivity index (χ0v) is 19.5. The normalized spacial score (nSPS) is 14.7. The Balaban J connectivity index is 1.83. The van der Waals surface area contributed by atoms with Gasteiger partial charge in [-0.05, 0) is 48.4 Å². The van der Waals surface area contributed by atoms with Gasteiger partial charge in [0.1, 0.15) is 10.9 Å². The largest absolute Gasteiger partial charge is 0.490 e. The van der Waals surface area contributed by atoms with E-state index >= 15 is 0 Å². The first-order valence-corrected chi connectivity index (χ1v) is 11.1. The molecule has 166 valence electrons. The smallest absolute Gasteiger partial charge is 0.269 e. The summed E-state index contributed by atoms with van der Waals surface area (Å²) in [5.41, 5.74) is 1.41. The van der Waals surface area contributed by atoms with E-state index in [9.17, 15) is 14.9 Å². The van der Waals surface area contributed by atoms with Gasteiger partial charge in [-0.15, -0.1) is 6.58 Å². The van der Waals surface area contributed by atoms with E-state index in [0.717, 1.165) is 5.56 Å². The molecule has 0 aliphatic carbocycles. The number of hydrogen-bond acceptors (Lipinski definition) is 7. The van der Waals surface area contributed by atoms with Gasteiger partial charge in [-0.2, -0.15) is 0 Å². The maximum Gasteiger partial charge on any atom is 0.269 e. The molecule has 0 aromatic heterocycles. The minimum atomic E-state index is -0.460. The van der Waals surface area contributed by atoms with Crippen molar-refractivity contribution in [2.75, 3.05) is 13.2 Å². The molecule has 3 rings (SSSR count). The summed E-state index contributed by atoms with van der Waals surface area (Å²) < 4.78 is 12.0. The Morgan fingerprint density at radius 2 is 2.00 bits per heavy atom. The lowest BCUT2D eigenvalue weighted by Gasteiger charge is -2.15. The number of nitrogens with zero attached hydrogens (tertiary/aromatic N) is 2. The average molecular weight is 491 g/mol. The first-order valence-electron chi connectivity index (χ1n) is 9.52. The monoisotopic (exact) mass is 490 g/mol. The van der Waals surface area contributed by atoms with Crippen molar-refractivity contribution in [1.82, 2.24) is 4.90 Å². The molecule has 1 amide bonds. The molecule has 7 nitrogen and oxygen atoms in total. The van der Waals surface area contributed by atoms with Crippen LogP contribution in [0.1, 0.15) is 18.1 Å². The Labute approximate surface area is 199 Å². The molecule has 0 bridgehead atoms. The van der Waals surface area contributed by atoms with Gasteiger partial charge >= 0.3 is 0 Å². The number of thioether (sulfide) groups is 1. The van der Waals surface area contributed by atoms with Crippen LogP contribution >= 0.6 is 35.6 Å². The lowest BCUT2D eigenvalue weighted by Crippen LogP contribution is -2.27. The number of amides is 1. The summed E-state index contributed by atoms with van der Waals surface area (Å²) in [4.78, 5) is 24.9. The summed E-state index contributed by atoms with van der Waals surface area (Å²) in [6, 6.07) is 9.47. The van der Waals surface area contributed by atoms with Crippen LogP contribution in [0.15, 0.2) is 54.0 Å². The van der Waals surface area contributed by atoms with Crippen LogP contribution in [0.2, 0.25) is 5.02 Å². The van der Waals surface area contributed by atoms with Crippen LogP contribution in [0.5, 0.6) is 11.5 Å². The molecule has 0 spiro atoms. The van der Waals surface area contributed by atoms with Crippen molar-refractivity contribution in [2.24, 2.45) is 0 Å². The molecule has 1 fully saturated rings. The maximum atomic E-state index is 12.6. The van der Waals surface area contributed by atoms with Crippen LogP contribution in [0.3, 0.4) is 0 Å². The van der Waals surface area contributed by atoms with Gasteiger partial charge in [0, 0.05) is 18.7 Å². The van der Waals surface area contributed by atoms with Gasteiger partial charge in [0.15, 0.2) is 11.5 Å². The Hall–Kier alpha value is -2.88. The van der Waals surface area contributed by atoms with Gasteiger partial charge in [-0.25, -0.2) is 0 Å². The van der Waals surface area contributed by atoms with Crippen molar-refractivity contribution in [1.29, 1.82) is 0 Å². The van der Waals surface area contributed by atoms with Crippen molar-refractivity contribution in [3.63, 3.8) is 0 Å². The van der Waals surface area contributed by atoms with E-state index in [2.05, 4.69) is 6.58 Å². The Bertz CT molecular complexity index is 1100. The second-order valence-corrected chi connectivity index (χ2v) is 8.64. The average Bonchev–Trinajstić information content (AvgIpc) is 3.01. The Kier molecular flexibility index (Phi) is 7.89. The molecule has 32 heavy (non-hydrogen) atoms. The fourth-order valence-electron chi connectivity index (χ4n) is 2.88. The van der Waals surface area contributed by atoms with E-state index < -0.39 is 4.92 Å². The topological polar surface area (TPSA) is 81.9 Å². The van der Waals surface area contributed by atoms with E-state index in [1.807, 2.05) is 6.92 Å². The van der Waals surface area contributed by atoms with Gasteiger partial charge in [0.05, 0.1) is 21.5 Å². The maximum absolute atomic E-state index is 12.6. The second kappa shape index (κ2) is 10.6. The first kappa shape index (κ1) is 23.8. The van der Waals surface area contributed by atoms with Crippen molar-refractivity contribution >= 4 is 57.6 Å². The minimum Gasteiger partial charge on any atom is -0.490 e. The van der Waals surface area contributed by atoms with E-state index in [0.29, 0.717) is 44.5 Å². The van der Waals surface area contributed by atoms with Crippen LogP contribution in [0.4, 0.5) is 5.69 Å². The number of carbonyl (C=O) groups excluding carboxylic acids is 1. The molecule has 2 aromatic rings. The number of ether oxygens (including phenoxy) is 2. The summed E-state index contributed by atoms with van der Waals surface area (Å²) in [6.07, 6.45) is 3.33. The van der Waals surface area contributed by atoms with Gasteiger partial charge in [-0.3, -0.25) is 19.8 Å². The molecule has 0 saturated carbocycles. The molecule has 1 aliphatic heterocycles. The molecule has 0 N–H and O–H groups in total. The number of thiocarbonyl (C=S) groups is 1. The minimum absolute atomic E-state index is 0.00430. The Morgan fingerprint density at radius 1 is 1.28 bits per heavy atom. The molecular weight excluding hydrogens is 472 g/mol.